The number of ether oxygens (including phenoxy) is 1. The molecule has 9 nitrogen and oxygen atoms in total. The average Bonchev–Trinajstić information content (AvgIpc) is 3.27. The number of aromatic nitrogens is 5. The van der Waals surface area contributed by atoms with E-state index >= 15 is 0 Å². The van der Waals surface area contributed by atoms with E-state index in [-0.39, 0.29) is 6.04 Å². The van der Waals surface area contributed by atoms with Gasteiger partial charge >= 0.3 is 0 Å². The van der Waals surface area contributed by atoms with Gasteiger partial charge in [0.05, 0.1) is 31.1 Å². The lowest BCUT2D eigenvalue weighted by molar-refractivity contribution is 0.0986. The predicted octanol–water partition coefficient (Wildman–Crippen LogP) is 2.28. The SMILES string of the molecule is C=Nc1c(N(C)C)nc(C#Cc2ncc(-c3cccnc3)[nH]2)nc1N1CCOC[C@@H]1C. The van der Waals surface area contributed by atoms with Gasteiger partial charge in [0.15, 0.2) is 17.5 Å². The van der Waals surface area contributed by atoms with Gasteiger partial charge in [0.25, 0.3) is 0 Å². The summed E-state index contributed by atoms with van der Waals surface area (Å²) >= 11 is 0. The second-order valence-electron chi connectivity index (χ2n) is 7.35. The van der Waals surface area contributed by atoms with Crippen LogP contribution in [0.25, 0.3) is 11.3 Å². The van der Waals surface area contributed by atoms with E-state index in [1.165, 1.54) is 0 Å². The van der Waals surface area contributed by atoms with Gasteiger partial charge < -0.3 is 19.5 Å². The van der Waals surface area contributed by atoms with E-state index in [4.69, 9.17) is 9.72 Å². The lowest BCUT2D eigenvalue weighted by atomic mass is 10.2. The molecule has 3 aromatic rings. The van der Waals surface area contributed by atoms with E-state index in [9.17, 15) is 0 Å². The summed E-state index contributed by atoms with van der Waals surface area (Å²) < 4.78 is 5.57. The first kappa shape index (κ1) is 20.5. The number of hydrogen-bond acceptors (Lipinski definition) is 8. The molecule has 0 unspecified atom stereocenters. The molecular weight excluding hydrogens is 392 g/mol. The molecule has 0 aromatic carbocycles. The smallest absolute Gasteiger partial charge is 0.209 e. The Hall–Kier alpha value is -3.77. The number of pyridine rings is 1. The lowest BCUT2D eigenvalue weighted by Crippen LogP contribution is -2.44. The van der Waals surface area contributed by atoms with Crippen LogP contribution in [0.15, 0.2) is 35.7 Å². The maximum Gasteiger partial charge on any atom is 0.209 e. The standard InChI is InChI=1S/C22H24N8O/c1-15-14-31-11-10-30(15)22-20(23-2)21(29(3)4)27-19(28-22)8-7-18-25-13-17(26-18)16-6-5-9-24-12-16/h5-6,9,12-13,15H,2,10-11,14H2,1,3-4H3,(H,25,26)/t15-/m0/s1. The van der Waals surface area contributed by atoms with Crippen LogP contribution in [0, 0.1) is 11.8 Å². The number of imidazole rings is 1. The maximum absolute atomic E-state index is 5.57. The van der Waals surface area contributed by atoms with Gasteiger partial charge in [-0.3, -0.25) is 9.98 Å². The average molecular weight is 416 g/mol. The zero-order valence-electron chi connectivity index (χ0n) is 17.8. The molecule has 0 aliphatic carbocycles. The molecule has 31 heavy (non-hydrogen) atoms. The predicted molar refractivity (Wildman–Crippen MR) is 121 cm³/mol. The number of rotatable bonds is 4. The van der Waals surface area contributed by atoms with Gasteiger partial charge in [-0.05, 0) is 37.6 Å². The van der Waals surface area contributed by atoms with Gasteiger partial charge in [-0.15, -0.1) is 0 Å². The molecule has 1 saturated heterocycles. The molecule has 1 N–H and O–H groups in total. The fraction of sp³-hybridized carbons (Fsp3) is 0.318. The van der Waals surface area contributed by atoms with E-state index in [2.05, 4.69) is 55.3 Å². The Balaban J connectivity index is 1.71. The monoisotopic (exact) mass is 416 g/mol. The van der Waals surface area contributed by atoms with Crippen LogP contribution in [0.3, 0.4) is 0 Å². The molecule has 0 amide bonds. The van der Waals surface area contributed by atoms with Crippen molar-refractivity contribution in [2.24, 2.45) is 4.99 Å². The Morgan fingerprint density at radius 2 is 2.16 bits per heavy atom. The third-order valence-electron chi connectivity index (χ3n) is 4.91. The molecule has 1 atom stereocenters. The van der Waals surface area contributed by atoms with E-state index in [0.29, 0.717) is 48.7 Å². The van der Waals surface area contributed by atoms with Gasteiger partial charge in [0.1, 0.15) is 5.69 Å². The highest BCUT2D eigenvalue weighted by Gasteiger charge is 2.26. The number of nitrogens with zero attached hydrogens (tertiary/aromatic N) is 7. The summed E-state index contributed by atoms with van der Waals surface area (Å²) in [6, 6.07) is 4.00. The van der Waals surface area contributed by atoms with Gasteiger partial charge in [0.2, 0.25) is 5.82 Å². The largest absolute Gasteiger partial charge is 0.377 e. The van der Waals surface area contributed by atoms with Crippen LogP contribution in [0.5, 0.6) is 0 Å². The lowest BCUT2D eigenvalue weighted by Gasteiger charge is -2.35. The third-order valence-corrected chi connectivity index (χ3v) is 4.91. The Morgan fingerprint density at radius 3 is 2.87 bits per heavy atom. The molecule has 0 bridgehead atoms. The number of nitrogens with one attached hydrogen (secondary N) is 1. The molecule has 158 valence electrons. The zero-order valence-corrected chi connectivity index (χ0v) is 17.8. The first-order valence-corrected chi connectivity index (χ1v) is 9.94. The minimum atomic E-state index is 0.159. The number of morpholine rings is 1. The molecule has 0 saturated carbocycles. The summed E-state index contributed by atoms with van der Waals surface area (Å²) in [6.45, 7) is 7.81. The quantitative estimate of drug-likeness (QED) is 0.515. The zero-order chi connectivity index (χ0) is 21.8. The third kappa shape index (κ3) is 4.39. The summed E-state index contributed by atoms with van der Waals surface area (Å²) in [4.78, 5) is 29.3. The first-order valence-electron chi connectivity index (χ1n) is 9.94. The molecule has 1 fully saturated rings. The molecule has 4 heterocycles. The highest BCUT2D eigenvalue weighted by atomic mass is 16.5. The number of H-pyrrole nitrogens is 1. The van der Waals surface area contributed by atoms with Crippen LogP contribution >= 0.6 is 0 Å². The van der Waals surface area contributed by atoms with E-state index in [1.807, 2.05) is 31.1 Å². The Kier molecular flexibility index (Phi) is 5.91. The summed E-state index contributed by atoms with van der Waals surface area (Å²) in [7, 11) is 3.82. The van der Waals surface area contributed by atoms with Gasteiger partial charge in [0, 0.05) is 38.6 Å². The normalized spacial score (nSPS) is 15.8. The molecule has 3 aromatic heterocycles. The second kappa shape index (κ2) is 8.93. The Labute approximate surface area is 181 Å². The van der Waals surface area contributed by atoms with E-state index < -0.39 is 0 Å². The Bertz CT molecular complexity index is 1130. The van der Waals surface area contributed by atoms with Crippen LogP contribution in [0.1, 0.15) is 18.6 Å². The summed E-state index contributed by atoms with van der Waals surface area (Å²) in [5.74, 6) is 8.36. The summed E-state index contributed by atoms with van der Waals surface area (Å²) in [6.07, 6.45) is 5.24. The van der Waals surface area contributed by atoms with Crippen molar-refractivity contribution in [3.8, 4) is 23.1 Å². The van der Waals surface area contributed by atoms with Crippen LogP contribution in [-0.4, -0.2) is 71.5 Å². The minimum absolute atomic E-state index is 0.159. The highest BCUT2D eigenvalue weighted by molar-refractivity contribution is 5.78. The molecule has 0 spiro atoms. The Morgan fingerprint density at radius 1 is 1.29 bits per heavy atom. The highest BCUT2D eigenvalue weighted by Crippen LogP contribution is 2.35. The van der Waals surface area contributed by atoms with Crippen molar-refractivity contribution < 1.29 is 4.74 Å². The number of aromatic amines is 1. The number of anilines is 2. The molecule has 0 radical (unpaired) electrons. The van der Waals surface area contributed by atoms with Crippen molar-refractivity contribution >= 4 is 24.0 Å². The molecule has 4 rings (SSSR count). The molecular formula is C22H24N8O. The first-order chi connectivity index (χ1) is 15.1. The van der Waals surface area contributed by atoms with Crippen molar-refractivity contribution in [1.82, 2.24) is 24.9 Å². The van der Waals surface area contributed by atoms with Crippen LogP contribution in [0.4, 0.5) is 17.3 Å². The van der Waals surface area contributed by atoms with Crippen LogP contribution < -0.4 is 9.80 Å². The fourth-order valence-electron chi connectivity index (χ4n) is 3.35. The topological polar surface area (TPSA) is 95.4 Å². The number of hydrogen-bond donors (Lipinski definition) is 1. The molecule has 1 aliphatic rings. The van der Waals surface area contributed by atoms with Gasteiger partial charge in [-0.1, -0.05) is 0 Å². The number of aliphatic imine (C=N–C) groups is 1. The van der Waals surface area contributed by atoms with Crippen molar-refractivity contribution in [1.29, 1.82) is 0 Å². The van der Waals surface area contributed by atoms with Crippen molar-refractivity contribution in [3.05, 3.63) is 42.4 Å². The maximum atomic E-state index is 5.57. The van der Waals surface area contributed by atoms with Crippen molar-refractivity contribution in [2.75, 3.05) is 43.7 Å². The van der Waals surface area contributed by atoms with Crippen LogP contribution in [0.2, 0.25) is 0 Å². The van der Waals surface area contributed by atoms with Gasteiger partial charge in [-0.2, -0.15) is 0 Å². The summed E-state index contributed by atoms with van der Waals surface area (Å²) in [5, 5.41) is 0. The second-order valence-corrected chi connectivity index (χ2v) is 7.35. The van der Waals surface area contributed by atoms with Crippen molar-refractivity contribution in [2.45, 2.75) is 13.0 Å². The fourth-order valence-corrected chi connectivity index (χ4v) is 3.35. The van der Waals surface area contributed by atoms with E-state index in [1.54, 1.807) is 18.6 Å². The van der Waals surface area contributed by atoms with E-state index in [0.717, 1.165) is 11.3 Å². The van der Waals surface area contributed by atoms with Crippen LogP contribution in [-0.2, 0) is 4.74 Å². The molecule has 1 aliphatic heterocycles. The van der Waals surface area contributed by atoms with Crippen molar-refractivity contribution in [3.63, 3.8) is 0 Å². The molecule has 9 heteroatoms. The van der Waals surface area contributed by atoms with Gasteiger partial charge in [-0.25, -0.2) is 15.0 Å². The summed E-state index contributed by atoms with van der Waals surface area (Å²) in [5.41, 5.74) is 2.43. The minimum Gasteiger partial charge on any atom is -0.377 e.